The summed E-state index contributed by atoms with van der Waals surface area (Å²) in [6.07, 6.45) is 0. The van der Waals surface area contributed by atoms with Gasteiger partial charge in [0.25, 0.3) is 0 Å². The summed E-state index contributed by atoms with van der Waals surface area (Å²) < 4.78 is 6.41. The zero-order chi connectivity index (χ0) is 15.0. The van der Waals surface area contributed by atoms with Crippen LogP contribution in [0.1, 0.15) is 34.5 Å². The summed E-state index contributed by atoms with van der Waals surface area (Å²) in [6, 6.07) is 15.3. The highest BCUT2D eigenvalue weighted by molar-refractivity contribution is 9.10. The Balaban J connectivity index is 2.16. The minimum absolute atomic E-state index is 0.0308. The van der Waals surface area contributed by atoms with Crippen LogP contribution < -0.4 is 0 Å². The molecule has 0 bridgehead atoms. The van der Waals surface area contributed by atoms with Crippen molar-refractivity contribution in [3.63, 3.8) is 0 Å². The second-order valence-corrected chi connectivity index (χ2v) is 5.77. The molecule has 1 N–H and O–H groups in total. The number of carboxylic acids is 1. The molecular formula is C17H13BrO3. The molecule has 106 valence electrons. The van der Waals surface area contributed by atoms with Crippen LogP contribution in [0, 0.1) is 0 Å². The van der Waals surface area contributed by atoms with Crippen molar-refractivity contribution in [1.29, 1.82) is 0 Å². The van der Waals surface area contributed by atoms with Crippen molar-refractivity contribution in [3.05, 3.63) is 69.9 Å². The molecule has 2 aromatic carbocycles. The molecule has 0 radical (unpaired) electrons. The van der Waals surface area contributed by atoms with Crippen LogP contribution in [-0.2, 0) is 0 Å². The molecule has 0 spiro atoms. The van der Waals surface area contributed by atoms with E-state index in [1.54, 1.807) is 12.1 Å². The van der Waals surface area contributed by atoms with E-state index in [0.717, 1.165) is 21.0 Å². The number of rotatable bonds is 3. The smallest absolute Gasteiger partial charge is 0.371 e. The van der Waals surface area contributed by atoms with Crippen LogP contribution in [0.4, 0.5) is 0 Å². The first kappa shape index (κ1) is 13.9. The van der Waals surface area contributed by atoms with Gasteiger partial charge >= 0.3 is 5.97 Å². The van der Waals surface area contributed by atoms with E-state index in [9.17, 15) is 4.79 Å². The first-order valence-electron chi connectivity index (χ1n) is 6.58. The summed E-state index contributed by atoms with van der Waals surface area (Å²) in [6.45, 7) is 2.10. The summed E-state index contributed by atoms with van der Waals surface area (Å²) in [5, 5.41) is 9.92. The van der Waals surface area contributed by atoms with Crippen molar-refractivity contribution in [2.75, 3.05) is 0 Å². The largest absolute Gasteiger partial charge is 0.475 e. The lowest BCUT2D eigenvalue weighted by Gasteiger charge is -2.15. The van der Waals surface area contributed by atoms with Crippen LogP contribution in [0.5, 0.6) is 0 Å². The van der Waals surface area contributed by atoms with Gasteiger partial charge in [-0.05, 0) is 29.3 Å². The molecule has 3 nitrogen and oxygen atoms in total. The Labute approximate surface area is 130 Å². The Morgan fingerprint density at radius 1 is 1.14 bits per heavy atom. The number of halogens is 1. The van der Waals surface area contributed by atoms with Gasteiger partial charge in [0.2, 0.25) is 5.76 Å². The molecular weight excluding hydrogens is 332 g/mol. The average molecular weight is 345 g/mol. The molecule has 0 fully saturated rings. The molecule has 3 rings (SSSR count). The summed E-state index contributed by atoms with van der Waals surface area (Å²) in [5.41, 5.74) is 2.81. The van der Waals surface area contributed by atoms with E-state index in [1.807, 2.05) is 30.3 Å². The highest BCUT2D eigenvalue weighted by Gasteiger charge is 2.18. The summed E-state index contributed by atoms with van der Waals surface area (Å²) in [7, 11) is 0. The first-order valence-corrected chi connectivity index (χ1v) is 7.37. The van der Waals surface area contributed by atoms with E-state index in [2.05, 4.69) is 28.9 Å². The van der Waals surface area contributed by atoms with Gasteiger partial charge in [0, 0.05) is 15.8 Å². The predicted molar refractivity (Wildman–Crippen MR) is 84.8 cm³/mol. The van der Waals surface area contributed by atoms with Crippen LogP contribution in [0.3, 0.4) is 0 Å². The second-order valence-electron chi connectivity index (χ2n) is 4.92. The summed E-state index contributed by atoms with van der Waals surface area (Å²) in [5.74, 6) is -0.953. The third-order valence-corrected chi connectivity index (χ3v) is 4.37. The van der Waals surface area contributed by atoms with E-state index < -0.39 is 5.97 Å². The molecule has 0 amide bonds. The topological polar surface area (TPSA) is 50.4 Å². The maximum atomic E-state index is 11.1. The van der Waals surface area contributed by atoms with Crippen molar-refractivity contribution < 1.29 is 14.3 Å². The number of carboxylic acid groups (broad SMARTS) is 1. The Morgan fingerprint density at radius 2 is 1.86 bits per heavy atom. The highest BCUT2D eigenvalue weighted by Crippen LogP contribution is 2.35. The molecule has 0 aliphatic carbocycles. The van der Waals surface area contributed by atoms with E-state index >= 15 is 0 Å². The quantitative estimate of drug-likeness (QED) is 0.723. The van der Waals surface area contributed by atoms with Gasteiger partial charge in [-0.15, -0.1) is 0 Å². The predicted octanol–water partition coefficient (Wildman–Crippen LogP) is 5.05. The first-order chi connectivity index (χ1) is 10.1. The third-order valence-electron chi connectivity index (χ3n) is 3.64. The van der Waals surface area contributed by atoms with Crippen LogP contribution >= 0.6 is 15.9 Å². The number of furan rings is 1. The van der Waals surface area contributed by atoms with E-state index in [1.165, 1.54) is 0 Å². The number of benzene rings is 2. The van der Waals surface area contributed by atoms with Gasteiger partial charge < -0.3 is 9.52 Å². The maximum absolute atomic E-state index is 11.1. The summed E-state index contributed by atoms with van der Waals surface area (Å²) >= 11 is 3.57. The minimum atomic E-state index is -1.05. The van der Waals surface area contributed by atoms with E-state index in [4.69, 9.17) is 9.52 Å². The SMILES string of the molecule is CC(c1ccccc1Br)c1cccc2oc(C(=O)O)cc12. The van der Waals surface area contributed by atoms with Gasteiger partial charge in [-0.3, -0.25) is 0 Å². The fourth-order valence-corrected chi connectivity index (χ4v) is 3.19. The monoisotopic (exact) mass is 344 g/mol. The van der Waals surface area contributed by atoms with Crippen molar-refractivity contribution in [3.8, 4) is 0 Å². The fraction of sp³-hybridized carbons (Fsp3) is 0.118. The molecule has 1 heterocycles. The molecule has 0 aliphatic heterocycles. The average Bonchev–Trinajstić information content (AvgIpc) is 2.91. The lowest BCUT2D eigenvalue weighted by molar-refractivity contribution is 0.0665. The Hall–Kier alpha value is -2.07. The van der Waals surface area contributed by atoms with Gasteiger partial charge in [0.15, 0.2) is 0 Å². The zero-order valence-electron chi connectivity index (χ0n) is 11.3. The third kappa shape index (κ3) is 2.47. The molecule has 0 saturated carbocycles. The molecule has 1 aromatic heterocycles. The molecule has 1 atom stereocenters. The number of hydrogen-bond acceptors (Lipinski definition) is 2. The van der Waals surface area contributed by atoms with Crippen LogP contribution in [0.25, 0.3) is 11.0 Å². The van der Waals surface area contributed by atoms with Crippen molar-refractivity contribution in [2.45, 2.75) is 12.8 Å². The number of hydrogen-bond donors (Lipinski definition) is 1. The Bertz CT molecular complexity index is 820. The van der Waals surface area contributed by atoms with Crippen LogP contribution in [0.2, 0.25) is 0 Å². The molecule has 0 saturated heterocycles. The molecule has 21 heavy (non-hydrogen) atoms. The van der Waals surface area contributed by atoms with Crippen molar-refractivity contribution >= 4 is 32.9 Å². The summed E-state index contributed by atoms with van der Waals surface area (Å²) in [4.78, 5) is 11.1. The van der Waals surface area contributed by atoms with Crippen molar-refractivity contribution in [2.24, 2.45) is 0 Å². The highest BCUT2D eigenvalue weighted by atomic mass is 79.9. The van der Waals surface area contributed by atoms with E-state index in [0.29, 0.717) is 5.58 Å². The van der Waals surface area contributed by atoms with Crippen LogP contribution in [-0.4, -0.2) is 11.1 Å². The maximum Gasteiger partial charge on any atom is 0.371 e. The lowest BCUT2D eigenvalue weighted by atomic mass is 9.91. The fourth-order valence-electron chi connectivity index (χ4n) is 2.56. The Morgan fingerprint density at radius 3 is 2.57 bits per heavy atom. The molecule has 3 aromatic rings. The van der Waals surface area contributed by atoms with Gasteiger partial charge in [-0.2, -0.15) is 0 Å². The number of carbonyl (C=O) groups is 1. The molecule has 1 unspecified atom stereocenters. The van der Waals surface area contributed by atoms with Gasteiger partial charge in [-0.1, -0.05) is 53.2 Å². The minimum Gasteiger partial charge on any atom is -0.475 e. The zero-order valence-corrected chi connectivity index (χ0v) is 12.9. The normalized spacial score (nSPS) is 12.5. The standard InChI is InChI=1S/C17H13BrO3/c1-10(12-5-2-3-7-14(12)18)11-6-4-8-15-13(11)9-16(21-15)17(19)20/h2-10H,1H3,(H,19,20). The number of aromatic carboxylic acids is 1. The Kier molecular flexibility index (Phi) is 3.55. The van der Waals surface area contributed by atoms with Gasteiger partial charge in [0.05, 0.1) is 0 Å². The number of fused-ring (bicyclic) bond motifs is 1. The molecule has 0 aliphatic rings. The lowest BCUT2D eigenvalue weighted by Crippen LogP contribution is -1.97. The van der Waals surface area contributed by atoms with Gasteiger partial charge in [-0.25, -0.2) is 4.79 Å². The van der Waals surface area contributed by atoms with Gasteiger partial charge in [0.1, 0.15) is 5.58 Å². The van der Waals surface area contributed by atoms with E-state index in [-0.39, 0.29) is 11.7 Å². The van der Waals surface area contributed by atoms with Crippen molar-refractivity contribution in [1.82, 2.24) is 0 Å². The second kappa shape index (κ2) is 5.37. The molecule has 4 heteroatoms. The van der Waals surface area contributed by atoms with Crippen LogP contribution in [0.15, 0.2) is 57.4 Å².